The highest BCUT2D eigenvalue weighted by Gasteiger charge is 2.30. The van der Waals surface area contributed by atoms with E-state index in [1.54, 1.807) is 45.9 Å². The molecule has 0 aliphatic carbocycles. The van der Waals surface area contributed by atoms with Gasteiger partial charge in [0.25, 0.3) is 0 Å². The molecule has 0 saturated carbocycles. The lowest BCUT2D eigenvalue weighted by Crippen LogP contribution is -2.43. The molecule has 1 aromatic carbocycles. The van der Waals surface area contributed by atoms with Crippen LogP contribution in [0.5, 0.6) is 0 Å². The third-order valence-corrected chi connectivity index (χ3v) is 6.89. The van der Waals surface area contributed by atoms with Crippen molar-refractivity contribution in [2.45, 2.75) is 25.6 Å². The van der Waals surface area contributed by atoms with Crippen molar-refractivity contribution >= 4 is 6.03 Å². The molecule has 1 N–H and O–H groups in total. The van der Waals surface area contributed by atoms with Gasteiger partial charge in [-0.25, -0.2) is 4.79 Å². The van der Waals surface area contributed by atoms with Gasteiger partial charge >= 0.3 is 6.03 Å². The molecule has 4 heterocycles. The number of urea groups is 1. The summed E-state index contributed by atoms with van der Waals surface area (Å²) in [7, 11) is 1.72. The number of carbonyl (C=O) groups excluding carboxylic acids is 1. The minimum absolute atomic E-state index is 0.0539. The van der Waals surface area contributed by atoms with Crippen LogP contribution in [0.4, 0.5) is 4.79 Å². The van der Waals surface area contributed by atoms with Crippen molar-refractivity contribution in [2.75, 3.05) is 32.7 Å². The van der Waals surface area contributed by atoms with Crippen molar-refractivity contribution in [1.29, 1.82) is 0 Å². The summed E-state index contributed by atoms with van der Waals surface area (Å²) in [6.07, 6.45) is 3.97. The fraction of sp³-hybridized carbons (Fsp3) is 0.370. The second-order valence-electron chi connectivity index (χ2n) is 9.46. The smallest absolute Gasteiger partial charge is 0.320 e. The number of hydrogen-bond donors (Lipinski definition) is 1. The van der Waals surface area contributed by atoms with Gasteiger partial charge in [-0.15, -0.1) is 0 Å². The molecule has 1 fully saturated rings. The Hall–Kier alpha value is -3.49. The second kappa shape index (κ2) is 10.0. The molecule has 2 aromatic heterocycles. The highest BCUT2D eigenvalue weighted by atomic mass is 16.3. The number of pyridine rings is 2. The average molecular weight is 474 g/mol. The van der Waals surface area contributed by atoms with E-state index in [0.717, 1.165) is 36.3 Å². The highest BCUT2D eigenvalue weighted by Crippen LogP contribution is 2.20. The number of aliphatic hydroxyl groups is 1. The van der Waals surface area contributed by atoms with Gasteiger partial charge in [0.15, 0.2) is 0 Å². The SMILES string of the molecule is Cn1cc(-c2ccc(CN3CCN(CC(O)CN4CCc5ccccc5C4)C3=O)nc2)ccc1=O. The van der Waals surface area contributed by atoms with Crippen LogP contribution < -0.4 is 5.56 Å². The molecular formula is C27H31N5O3. The van der Waals surface area contributed by atoms with E-state index in [0.29, 0.717) is 32.7 Å². The van der Waals surface area contributed by atoms with Crippen molar-refractivity contribution in [2.24, 2.45) is 7.05 Å². The van der Waals surface area contributed by atoms with E-state index in [9.17, 15) is 14.7 Å². The van der Waals surface area contributed by atoms with E-state index in [-0.39, 0.29) is 11.6 Å². The molecule has 3 aromatic rings. The third-order valence-electron chi connectivity index (χ3n) is 6.89. The number of amides is 2. The Kier molecular flexibility index (Phi) is 6.66. The molecule has 5 rings (SSSR count). The predicted molar refractivity (Wildman–Crippen MR) is 134 cm³/mol. The van der Waals surface area contributed by atoms with Gasteiger partial charge in [-0.3, -0.25) is 14.7 Å². The van der Waals surface area contributed by atoms with E-state index < -0.39 is 6.10 Å². The zero-order chi connectivity index (χ0) is 24.4. The fourth-order valence-corrected chi connectivity index (χ4v) is 4.92. The summed E-state index contributed by atoms with van der Waals surface area (Å²) in [6.45, 7) is 4.33. The maximum atomic E-state index is 12.9. The Morgan fingerprint density at radius 3 is 2.46 bits per heavy atom. The molecule has 8 nitrogen and oxygen atoms in total. The van der Waals surface area contributed by atoms with E-state index in [1.165, 1.54) is 11.1 Å². The standard InChI is InChI=1S/C27H31N5O3/c1-29-15-23(7-9-26(29)34)21-6-8-24(28-14-21)17-31-12-13-32(27(31)35)19-25(33)18-30-11-10-20-4-2-3-5-22(20)16-30/h2-9,14-15,25,33H,10-13,16-19H2,1H3. The highest BCUT2D eigenvalue weighted by molar-refractivity contribution is 5.76. The number of aliphatic hydroxyl groups excluding tert-OH is 1. The van der Waals surface area contributed by atoms with Crippen LogP contribution >= 0.6 is 0 Å². The first-order valence-corrected chi connectivity index (χ1v) is 12.1. The van der Waals surface area contributed by atoms with Crippen LogP contribution in [0.15, 0.2) is 65.7 Å². The summed E-state index contributed by atoms with van der Waals surface area (Å²) in [5.74, 6) is 0. The molecule has 0 radical (unpaired) electrons. The molecule has 0 spiro atoms. The number of carbonyl (C=O) groups is 1. The second-order valence-corrected chi connectivity index (χ2v) is 9.46. The summed E-state index contributed by atoms with van der Waals surface area (Å²) in [5, 5.41) is 10.7. The number of fused-ring (bicyclic) bond motifs is 1. The lowest BCUT2D eigenvalue weighted by Gasteiger charge is -2.31. The first-order chi connectivity index (χ1) is 17.0. The number of nitrogens with zero attached hydrogens (tertiary/aromatic N) is 5. The van der Waals surface area contributed by atoms with Crippen LogP contribution in [0.1, 0.15) is 16.8 Å². The minimum atomic E-state index is -0.580. The van der Waals surface area contributed by atoms with E-state index >= 15 is 0 Å². The Morgan fingerprint density at radius 1 is 0.914 bits per heavy atom. The van der Waals surface area contributed by atoms with Crippen LogP contribution in [-0.4, -0.2) is 74.2 Å². The third kappa shape index (κ3) is 5.28. The van der Waals surface area contributed by atoms with Gasteiger partial charge in [-0.1, -0.05) is 30.3 Å². The van der Waals surface area contributed by atoms with Gasteiger partial charge in [-0.2, -0.15) is 0 Å². The van der Waals surface area contributed by atoms with Gasteiger partial charge in [-0.05, 0) is 35.2 Å². The summed E-state index contributed by atoms with van der Waals surface area (Å²) in [6, 6.07) is 15.6. The molecular weight excluding hydrogens is 442 g/mol. The number of aryl methyl sites for hydroxylation is 1. The molecule has 2 aliphatic heterocycles. The summed E-state index contributed by atoms with van der Waals surface area (Å²) in [5.41, 5.74) is 5.30. The van der Waals surface area contributed by atoms with Gasteiger partial charge in [0.05, 0.1) is 18.3 Å². The van der Waals surface area contributed by atoms with E-state index in [4.69, 9.17) is 0 Å². The maximum absolute atomic E-state index is 12.9. The largest absolute Gasteiger partial charge is 0.390 e. The number of benzene rings is 1. The van der Waals surface area contributed by atoms with Gasteiger partial charge < -0.3 is 19.5 Å². The average Bonchev–Trinajstić information content (AvgIpc) is 3.20. The molecule has 35 heavy (non-hydrogen) atoms. The zero-order valence-electron chi connectivity index (χ0n) is 20.0. The first kappa shape index (κ1) is 23.3. The van der Waals surface area contributed by atoms with Crippen molar-refractivity contribution < 1.29 is 9.90 Å². The normalized spacial score (nSPS) is 17.0. The molecule has 182 valence electrons. The topological polar surface area (TPSA) is 81.9 Å². The Bertz CT molecular complexity index is 1260. The van der Waals surface area contributed by atoms with E-state index in [2.05, 4.69) is 34.1 Å². The number of β-amino-alcohol motifs (C(OH)–C–C–N with tert-alkyl or cyclic N) is 1. The Labute approximate surface area is 205 Å². The molecule has 8 heteroatoms. The van der Waals surface area contributed by atoms with Crippen molar-refractivity contribution in [3.8, 4) is 11.1 Å². The molecule has 2 amide bonds. The monoisotopic (exact) mass is 473 g/mol. The number of aromatic nitrogens is 2. The Balaban J connectivity index is 1.13. The molecule has 2 aliphatic rings. The van der Waals surface area contributed by atoms with Crippen LogP contribution in [0, 0.1) is 0 Å². The van der Waals surface area contributed by atoms with Crippen LogP contribution in [0.3, 0.4) is 0 Å². The molecule has 1 atom stereocenters. The van der Waals surface area contributed by atoms with Crippen LogP contribution in [0.2, 0.25) is 0 Å². The zero-order valence-corrected chi connectivity index (χ0v) is 20.0. The van der Waals surface area contributed by atoms with Gasteiger partial charge in [0, 0.05) is 70.3 Å². The van der Waals surface area contributed by atoms with E-state index in [1.807, 2.05) is 12.1 Å². The predicted octanol–water partition coefficient (Wildman–Crippen LogP) is 2.10. The maximum Gasteiger partial charge on any atom is 0.320 e. The minimum Gasteiger partial charge on any atom is -0.390 e. The van der Waals surface area contributed by atoms with Crippen molar-refractivity contribution in [3.63, 3.8) is 0 Å². The summed E-state index contributed by atoms with van der Waals surface area (Å²) >= 11 is 0. The lowest BCUT2D eigenvalue weighted by atomic mass is 10.00. The fourth-order valence-electron chi connectivity index (χ4n) is 4.92. The number of rotatable bonds is 7. The van der Waals surface area contributed by atoms with Gasteiger partial charge in [0.1, 0.15) is 0 Å². The number of hydrogen-bond acceptors (Lipinski definition) is 5. The molecule has 0 bridgehead atoms. The quantitative estimate of drug-likeness (QED) is 0.569. The van der Waals surface area contributed by atoms with Crippen LogP contribution in [0.25, 0.3) is 11.1 Å². The van der Waals surface area contributed by atoms with Crippen LogP contribution in [-0.2, 0) is 26.6 Å². The summed E-state index contributed by atoms with van der Waals surface area (Å²) < 4.78 is 1.54. The lowest BCUT2D eigenvalue weighted by molar-refractivity contribution is 0.0812. The summed E-state index contributed by atoms with van der Waals surface area (Å²) in [4.78, 5) is 34.8. The van der Waals surface area contributed by atoms with Crippen molar-refractivity contribution in [3.05, 3.63) is 88.1 Å². The van der Waals surface area contributed by atoms with Gasteiger partial charge in [0.2, 0.25) is 5.56 Å². The molecule has 1 saturated heterocycles. The first-order valence-electron chi connectivity index (χ1n) is 12.1. The van der Waals surface area contributed by atoms with Crippen molar-refractivity contribution in [1.82, 2.24) is 24.3 Å². The molecule has 1 unspecified atom stereocenters. The Morgan fingerprint density at radius 2 is 1.69 bits per heavy atom.